The number of aliphatic carboxylic acids is 1. The van der Waals surface area contributed by atoms with Crippen molar-refractivity contribution in [3.05, 3.63) is 35.1 Å². The molecule has 2 aliphatic heterocycles. The van der Waals surface area contributed by atoms with E-state index >= 15 is 0 Å². The van der Waals surface area contributed by atoms with Gasteiger partial charge in [-0.05, 0) is 51.1 Å². The molecule has 4 N–H and O–H groups in total. The first kappa shape index (κ1) is 26.1. The number of carbonyl (C=O) groups is 4. The third-order valence-electron chi connectivity index (χ3n) is 8.29. The van der Waals surface area contributed by atoms with Crippen LogP contribution in [0.1, 0.15) is 43.7 Å². The van der Waals surface area contributed by atoms with Crippen LogP contribution in [0.2, 0.25) is 0 Å². The van der Waals surface area contributed by atoms with Crippen LogP contribution in [-0.2, 0) is 40.5 Å². The topological polar surface area (TPSA) is 180 Å². The van der Waals surface area contributed by atoms with Gasteiger partial charge in [-0.25, -0.2) is 4.79 Å². The number of aliphatic hydroxyl groups excluding tert-OH is 1. The van der Waals surface area contributed by atoms with Gasteiger partial charge >= 0.3 is 17.9 Å². The smallest absolute Gasteiger partial charge is 0.340 e. The zero-order valence-electron chi connectivity index (χ0n) is 20.9. The summed E-state index contributed by atoms with van der Waals surface area (Å²) >= 11 is 0. The maximum atomic E-state index is 12.8. The monoisotopic (exact) mass is 531 g/mol. The first-order chi connectivity index (χ1) is 17.9. The maximum absolute atomic E-state index is 12.8. The zero-order valence-corrected chi connectivity index (χ0v) is 20.9. The molecule has 1 spiro atoms. The van der Waals surface area contributed by atoms with E-state index in [4.69, 9.17) is 19.3 Å². The zero-order chi connectivity index (χ0) is 27.6. The van der Waals surface area contributed by atoms with Gasteiger partial charge in [0, 0.05) is 18.0 Å². The average molecular weight is 532 g/mol. The summed E-state index contributed by atoms with van der Waals surface area (Å²) < 4.78 is 16.5. The standard InChI is InChI=1S/C26H29NO11/c1-12(28)17(11-19(31)32)36-20(33)10-15(30)24(34)37-16-5-6-26(35)18-9-13-3-4-14(29)22-21(13)25(26,23(16)38-22)7-8-27(18)2/h3-5,15,17-18,23,29-30,35H,6-11H2,1-2H3,(H,31,32)/t15-,17+,18+,23-,25-,26+/m0/s1. The molecule has 2 bridgehead atoms. The third-order valence-corrected chi connectivity index (χ3v) is 8.29. The number of rotatable bonds is 8. The molecule has 12 heteroatoms. The van der Waals surface area contributed by atoms with Gasteiger partial charge in [-0.1, -0.05) is 6.07 Å². The van der Waals surface area contributed by atoms with E-state index in [0.29, 0.717) is 24.9 Å². The summed E-state index contributed by atoms with van der Waals surface area (Å²) in [7, 11) is 1.94. The molecule has 0 saturated carbocycles. The lowest BCUT2D eigenvalue weighted by Crippen LogP contribution is -2.74. The maximum Gasteiger partial charge on any atom is 0.340 e. The second-order valence-electron chi connectivity index (χ2n) is 10.4. The van der Waals surface area contributed by atoms with E-state index in [2.05, 4.69) is 4.90 Å². The highest BCUT2D eigenvalue weighted by Crippen LogP contribution is 2.65. The summed E-state index contributed by atoms with van der Waals surface area (Å²) in [5, 5.41) is 41.8. The van der Waals surface area contributed by atoms with Crippen LogP contribution in [0.5, 0.6) is 11.5 Å². The Morgan fingerprint density at radius 3 is 2.66 bits per heavy atom. The van der Waals surface area contributed by atoms with Crippen molar-refractivity contribution in [2.24, 2.45) is 0 Å². The number of carboxylic acid groups (broad SMARTS) is 1. The quantitative estimate of drug-likeness (QED) is 0.329. The number of likely N-dealkylation sites (tertiary alicyclic amines) is 1. The van der Waals surface area contributed by atoms with Crippen molar-refractivity contribution in [1.82, 2.24) is 4.90 Å². The average Bonchev–Trinajstić information content (AvgIpc) is 3.20. The minimum atomic E-state index is -1.97. The summed E-state index contributed by atoms with van der Waals surface area (Å²) in [4.78, 5) is 49.5. The number of hydrogen-bond acceptors (Lipinski definition) is 11. The predicted octanol–water partition coefficient (Wildman–Crippen LogP) is -0.0604. The van der Waals surface area contributed by atoms with E-state index in [9.17, 15) is 34.5 Å². The first-order valence-corrected chi connectivity index (χ1v) is 12.3. The van der Waals surface area contributed by atoms with Crippen molar-refractivity contribution >= 4 is 23.7 Å². The number of esters is 2. The Morgan fingerprint density at radius 2 is 1.97 bits per heavy atom. The molecule has 1 fully saturated rings. The predicted molar refractivity (Wildman–Crippen MR) is 126 cm³/mol. The number of phenols is 1. The Morgan fingerprint density at radius 1 is 1.24 bits per heavy atom. The molecule has 4 aliphatic rings. The molecular formula is C26H29NO11. The van der Waals surface area contributed by atoms with Crippen LogP contribution in [0.15, 0.2) is 24.0 Å². The molecule has 1 aromatic rings. The molecule has 38 heavy (non-hydrogen) atoms. The van der Waals surface area contributed by atoms with Crippen LogP contribution in [0, 0.1) is 0 Å². The summed E-state index contributed by atoms with van der Waals surface area (Å²) in [5.41, 5.74) is -0.626. The number of carbonyl (C=O) groups excluding carboxylic acids is 3. The molecule has 0 aromatic heterocycles. The van der Waals surface area contributed by atoms with E-state index in [-0.39, 0.29) is 29.7 Å². The highest BCUT2D eigenvalue weighted by molar-refractivity contribution is 5.88. The number of carboxylic acids is 1. The van der Waals surface area contributed by atoms with Gasteiger partial charge in [0.2, 0.25) is 0 Å². The molecule has 1 aromatic carbocycles. The number of ether oxygens (including phenoxy) is 3. The first-order valence-electron chi connectivity index (χ1n) is 12.3. The number of phenolic OH excluding ortho intramolecular Hbond substituents is 1. The van der Waals surface area contributed by atoms with Gasteiger partial charge in [-0.3, -0.25) is 14.4 Å². The fourth-order valence-electron chi connectivity index (χ4n) is 6.50. The van der Waals surface area contributed by atoms with Crippen molar-refractivity contribution in [2.75, 3.05) is 13.6 Å². The van der Waals surface area contributed by atoms with Crippen molar-refractivity contribution in [2.45, 2.75) is 74.4 Å². The normalized spacial score (nSPS) is 30.3. The number of piperidine rings is 1. The van der Waals surface area contributed by atoms with Crippen molar-refractivity contribution in [3.8, 4) is 11.5 Å². The number of aliphatic hydroxyl groups is 2. The van der Waals surface area contributed by atoms with Gasteiger partial charge in [-0.2, -0.15) is 0 Å². The molecule has 0 unspecified atom stereocenters. The van der Waals surface area contributed by atoms with Gasteiger partial charge in [-0.15, -0.1) is 0 Å². The summed E-state index contributed by atoms with van der Waals surface area (Å²) in [6.45, 7) is 1.69. The molecule has 12 nitrogen and oxygen atoms in total. The number of nitrogens with zero attached hydrogens (tertiary/aromatic N) is 1. The molecule has 1 saturated heterocycles. The van der Waals surface area contributed by atoms with Crippen molar-refractivity contribution < 1.29 is 53.8 Å². The number of likely N-dealkylation sites (N-methyl/N-ethyl adjacent to an activating group) is 1. The van der Waals surface area contributed by atoms with Crippen LogP contribution >= 0.6 is 0 Å². The van der Waals surface area contributed by atoms with Crippen LogP contribution in [-0.4, -0.2) is 92.6 Å². The van der Waals surface area contributed by atoms with Gasteiger partial charge in [0.05, 0.1) is 23.9 Å². The second kappa shape index (κ2) is 9.07. The van der Waals surface area contributed by atoms with Crippen LogP contribution in [0.3, 0.4) is 0 Å². The van der Waals surface area contributed by atoms with E-state index in [0.717, 1.165) is 12.5 Å². The molecule has 6 atom stereocenters. The van der Waals surface area contributed by atoms with E-state index in [1.54, 1.807) is 0 Å². The largest absolute Gasteiger partial charge is 0.504 e. The molecule has 0 radical (unpaired) electrons. The van der Waals surface area contributed by atoms with Crippen molar-refractivity contribution in [1.29, 1.82) is 0 Å². The van der Waals surface area contributed by atoms with Gasteiger partial charge in [0.25, 0.3) is 0 Å². The molecular weight excluding hydrogens is 502 g/mol. The number of hydrogen-bond donors (Lipinski definition) is 4. The van der Waals surface area contributed by atoms with Gasteiger partial charge in [0.15, 0.2) is 35.6 Å². The minimum absolute atomic E-state index is 0.0475. The van der Waals surface area contributed by atoms with Crippen molar-refractivity contribution in [3.63, 3.8) is 0 Å². The number of Topliss-reactive ketones (excluding diaryl/α,β-unsaturated/α-hetero) is 1. The Labute approximate surface area is 217 Å². The van der Waals surface area contributed by atoms with E-state index in [1.165, 1.54) is 12.1 Å². The van der Waals surface area contributed by atoms with Gasteiger partial charge in [0.1, 0.15) is 5.76 Å². The molecule has 2 aliphatic carbocycles. The van der Waals surface area contributed by atoms with Crippen LogP contribution in [0.25, 0.3) is 0 Å². The fraction of sp³-hybridized carbons (Fsp3) is 0.538. The summed E-state index contributed by atoms with van der Waals surface area (Å²) in [5.74, 6) is -4.19. The van der Waals surface area contributed by atoms with Gasteiger partial charge < -0.3 is 39.5 Å². The van der Waals surface area contributed by atoms with Crippen LogP contribution in [0.4, 0.5) is 0 Å². The molecule has 2 heterocycles. The Bertz CT molecular complexity index is 1260. The minimum Gasteiger partial charge on any atom is -0.504 e. The Balaban J connectivity index is 1.37. The fourth-order valence-corrected chi connectivity index (χ4v) is 6.50. The lowest BCUT2D eigenvalue weighted by atomic mass is 9.50. The SMILES string of the molecule is CC(=O)[C@@H](CC(=O)O)OC(=O)C[C@H](O)C(=O)OC1=CC[C@@]2(O)[C@H]3Cc4ccc(O)c5c4[C@@]2(CCN3C)[C@H]1O5. The number of ketones is 1. The molecule has 204 valence electrons. The second-order valence-corrected chi connectivity index (χ2v) is 10.4. The Hall–Kier alpha value is -3.48. The molecule has 0 amide bonds. The highest BCUT2D eigenvalue weighted by Gasteiger charge is 2.72. The lowest BCUT2D eigenvalue weighted by molar-refractivity contribution is -0.174. The Kier molecular flexibility index (Phi) is 6.24. The third kappa shape index (κ3) is 3.77. The van der Waals surface area contributed by atoms with E-state index in [1.807, 2.05) is 13.1 Å². The summed E-state index contributed by atoms with van der Waals surface area (Å²) in [6.07, 6.45) is -3.40. The number of benzene rings is 1. The number of aromatic hydroxyl groups is 1. The lowest BCUT2D eigenvalue weighted by Gasteiger charge is -2.61. The highest BCUT2D eigenvalue weighted by atomic mass is 16.6. The summed E-state index contributed by atoms with van der Waals surface area (Å²) in [6, 6.07) is 3.11. The van der Waals surface area contributed by atoms with E-state index < -0.39 is 65.9 Å². The van der Waals surface area contributed by atoms with Crippen LogP contribution < -0.4 is 4.74 Å². The molecule has 5 rings (SSSR count).